The van der Waals surface area contributed by atoms with Crippen molar-refractivity contribution < 1.29 is 4.79 Å². The first kappa shape index (κ1) is 11.0. The van der Waals surface area contributed by atoms with Gasteiger partial charge in [-0.3, -0.25) is 19.7 Å². The van der Waals surface area contributed by atoms with E-state index in [1.54, 1.807) is 18.6 Å². The lowest BCUT2D eigenvalue weighted by atomic mass is 9.91. The molecule has 5 nitrogen and oxygen atoms in total. The molecule has 1 fully saturated rings. The standard InChI is InChI=1S/C11H16N4O/c1-2-15-7-3-4-11(15,10(12)16)9-8-13-5-6-14-9/h5-6,8H,2-4,7H2,1H3,(H2,12,16)/t11-/m1/s1. The third-order valence-electron chi connectivity index (χ3n) is 3.28. The molecule has 2 heterocycles. The number of carbonyl (C=O) groups excluding carboxylic acids is 1. The number of rotatable bonds is 3. The summed E-state index contributed by atoms with van der Waals surface area (Å²) in [6.07, 6.45) is 6.54. The molecule has 1 aliphatic rings. The zero-order valence-electron chi connectivity index (χ0n) is 9.39. The van der Waals surface area contributed by atoms with E-state index in [0.29, 0.717) is 5.69 Å². The predicted molar refractivity (Wildman–Crippen MR) is 59.4 cm³/mol. The zero-order chi connectivity index (χ0) is 11.6. The van der Waals surface area contributed by atoms with Crippen molar-refractivity contribution >= 4 is 5.91 Å². The van der Waals surface area contributed by atoms with Crippen molar-refractivity contribution in [1.82, 2.24) is 14.9 Å². The zero-order valence-corrected chi connectivity index (χ0v) is 9.39. The first-order chi connectivity index (χ1) is 7.71. The number of likely N-dealkylation sites (tertiary alicyclic amines) is 1. The number of nitrogens with zero attached hydrogens (tertiary/aromatic N) is 3. The van der Waals surface area contributed by atoms with E-state index in [2.05, 4.69) is 14.9 Å². The molecule has 1 amide bonds. The van der Waals surface area contributed by atoms with E-state index in [-0.39, 0.29) is 5.91 Å². The average molecular weight is 220 g/mol. The molecule has 0 unspecified atom stereocenters. The summed E-state index contributed by atoms with van der Waals surface area (Å²) < 4.78 is 0. The van der Waals surface area contributed by atoms with Crippen LogP contribution in [0.25, 0.3) is 0 Å². The molecule has 0 aliphatic carbocycles. The SMILES string of the molecule is CCN1CCC[C@]1(C(N)=O)c1cnccn1. The number of hydrogen-bond acceptors (Lipinski definition) is 4. The number of aromatic nitrogens is 2. The lowest BCUT2D eigenvalue weighted by molar-refractivity contribution is -0.129. The molecular weight excluding hydrogens is 204 g/mol. The van der Waals surface area contributed by atoms with Crippen molar-refractivity contribution in [2.45, 2.75) is 25.3 Å². The van der Waals surface area contributed by atoms with Crippen LogP contribution in [0.5, 0.6) is 0 Å². The van der Waals surface area contributed by atoms with Crippen LogP contribution in [0.15, 0.2) is 18.6 Å². The minimum absolute atomic E-state index is 0.327. The third-order valence-corrected chi connectivity index (χ3v) is 3.28. The van der Waals surface area contributed by atoms with Crippen LogP contribution < -0.4 is 5.73 Å². The van der Waals surface area contributed by atoms with Crippen LogP contribution in [-0.2, 0) is 10.3 Å². The van der Waals surface area contributed by atoms with Gasteiger partial charge in [0, 0.05) is 12.4 Å². The van der Waals surface area contributed by atoms with E-state index in [1.165, 1.54) is 0 Å². The maximum atomic E-state index is 11.8. The van der Waals surface area contributed by atoms with Gasteiger partial charge >= 0.3 is 0 Å². The number of likely N-dealkylation sites (N-methyl/N-ethyl adjacent to an activating group) is 1. The van der Waals surface area contributed by atoms with Gasteiger partial charge in [-0.2, -0.15) is 0 Å². The molecule has 1 aliphatic heterocycles. The molecule has 2 rings (SSSR count). The van der Waals surface area contributed by atoms with Crippen molar-refractivity contribution in [1.29, 1.82) is 0 Å². The first-order valence-electron chi connectivity index (χ1n) is 5.53. The Labute approximate surface area is 94.7 Å². The monoisotopic (exact) mass is 220 g/mol. The quantitative estimate of drug-likeness (QED) is 0.793. The second kappa shape index (κ2) is 4.17. The molecule has 5 heteroatoms. The Morgan fingerprint density at radius 3 is 3.00 bits per heavy atom. The van der Waals surface area contributed by atoms with Gasteiger partial charge < -0.3 is 5.73 Å². The normalized spacial score (nSPS) is 25.8. The van der Waals surface area contributed by atoms with Crippen molar-refractivity contribution in [3.05, 3.63) is 24.3 Å². The highest BCUT2D eigenvalue weighted by Crippen LogP contribution is 2.36. The highest BCUT2D eigenvalue weighted by Gasteiger charge is 2.48. The van der Waals surface area contributed by atoms with Crippen molar-refractivity contribution in [3.8, 4) is 0 Å². The fourth-order valence-corrected chi connectivity index (χ4v) is 2.51. The summed E-state index contributed by atoms with van der Waals surface area (Å²) in [5, 5.41) is 0. The molecular formula is C11H16N4O. The predicted octanol–water partition coefficient (Wildman–Crippen LogP) is 0.273. The van der Waals surface area contributed by atoms with Gasteiger partial charge in [0.2, 0.25) is 5.91 Å². The second-order valence-electron chi connectivity index (χ2n) is 4.00. The van der Waals surface area contributed by atoms with E-state index in [9.17, 15) is 4.79 Å². The van der Waals surface area contributed by atoms with Gasteiger partial charge in [-0.25, -0.2) is 0 Å². The Balaban J connectivity index is 2.48. The molecule has 0 radical (unpaired) electrons. The van der Waals surface area contributed by atoms with Gasteiger partial charge in [-0.15, -0.1) is 0 Å². The van der Waals surface area contributed by atoms with E-state index >= 15 is 0 Å². The topological polar surface area (TPSA) is 72.1 Å². The van der Waals surface area contributed by atoms with E-state index in [0.717, 1.165) is 25.9 Å². The number of primary amides is 1. The summed E-state index contributed by atoms with van der Waals surface area (Å²) in [6.45, 7) is 3.70. The smallest absolute Gasteiger partial charge is 0.244 e. The molecule has 0 bridgehead atoms. The fourth-order valence-electron chi connectivity index (χ4n) is 2.51. The molecule has 1 aromatic rings. The molecule has 0 saturated carbocycles. The number of nitrogens with two attached hydrogens (primary N) is 1. The van der Waals surface area contributed by atoms with E-state index in [4.69, 9.17) is 5.73 Å². The van der Waals surface area contributed by atoms with Gasteiger partial charge in [0.1, 0.15) is 5.54 Å². The number of carbonyl (C=O) groups is 1. The summed E-state index contributed by atoms with van der Waals surface area (Å²) in [5.74, 6) is -0.327. The summed E-state index contributed by atoms with van der Waals surface area (Å²) in [5.41, 5.74) is 5.50. The minimum Gasteiger partial charge on any atom is -0.368 e. The van der Waals surface area contributed by atoms with Gasteiger partial charge in [0.05, 0.1) is 11.9 Å². The number of amides is 1. The summed E-state index contributed by atoms with van der Waals surface area (Å²) in [7, 11) is 0. The summed E-state index contributed by atoms with van der Waals surface area (Å²) in [4.78, 5) is 22.2. The molecule has 16 heavy (non-hydrogen) atoms. The molecule has 0 aromatic carbocycles. The average Bonchev–Trinajstić information content (AvgIpc) is 2.74. The molecule has 86 valence electrons. The van der Waals surface area contributed by atoms with Crippen LogP contribution in [0, 0.1) is 0 Å². The van der Waals surface area contributed by atoms with Crippen molar-refractivity contribution in [2.75, 3.05) is 13.1 Å². The molecule has 1 atom stereocenters. The lowest BCUT2D eigenvalue weighted by Crippen LogP contribution is -2.51. The molecule has 0 spiro atoms. The summed E-state index contributed by atoms with van der Waals surface area (Å²) in [6, 6.07) is 0. The first-order valence-corrected chi connectivity index (χ1v) is 5.53. The minimum atomic E-state index is -0.747. The highest BCUT2D eigenvalue weighted by atomic mass is 16.1. The second-order valence-corrected chi connectivity index (χ2v) is 4.00. The highest BCUT2D eigenvalue weighted by molar-refractivity contribution is 5.86. The molecule has 1 saturated heterocycles. The van der Waals surface area contributed by atoms with Crippen LogP contribution in [-0.4, -0.2) is 33.9 Å². The third kappa shape index (κ3) is 1.48. The van der Waals surface area contributed by atoms with Crippen molar-refractivity contribution in [2.24, 2.45) is 5.73 Å². The van der Waals surface area contributed by atoms with Crippen molar-refractivity contribution in [3.63, 3.8) is 0 Å². The van der Waals surface area contributed by atoms with Crippen LogP contribution in [0.1, 0.15) is 25.5 Å². The summed E-state index contributed by atoms with van der Waals surface area (Å²) >= 11 is 0. The van der Waals surface area contributed by atoms with Crippen LogP contribution >= 0.6 is 0 Å². The van der Waals surface area contributed by atoms with Gasteiger partial charge in [0.15, 0.2) is 0 Å². The number of hydrogen-bond donors (Lipinski definition) is 1. The Kier molecular flexibility index (Phi) is 2.87. The van der Waals surface area contributed by atoms with Crippen LogP contribution in [0.4, 0.5) is 0 Å². The largest absolute Gasteiger partial charge is 0.368 e. The van der Waals surface area contributed by atoms with Gasteiger partial charge in [0.25, 0.3) is 0 Å². The Morgan fingerprint density at radius 2 is 2.44 bits per heavy atom. The fraction of sp³-hybridized carbons (Fsp3) is 0.545. The van der Waals surface area contributed by atoms with Crippen LogP contribution in [0.3, 0.4) is 0 Å². The van der Waals surface area contributed by atoms with Gasteiger partial charge in [-0.1, -0.05) is 6.92 Å². The Morgan fingerprint density at radius 1 is 1.62 bits per heavy atom. The van der Waals surface area contributed by atoms with Crippen LogP contribution in [0.2, 0.25) is 0 Å². The lowest BCUT2D eigenvalue weighted by Gasteiger charge is -2.34. The van der Waals surface area contributed by atoms with E-state index in [1.807, 2.05) is 6.92 Å². The van der Waals surface area contributed by atoms with Gasteiger partial charge in [-0.05, 0) is 25.9 Å². The maximum Gasteiger partial charge on any atom is 0.244 e. The maximum absolute atomic E-state index is 11.8. The molecule has 2 N–H and O–H groups in total. The Bertz CT molecular complexity index is 381. The molecule has 1 aromatic heterocycles. The Hall–Kier alpha value is -1.49. The van der Waals surface area contributed by atoms with E-state index < -0.39 is 5.54 Å².